The van der Waals surface area contributed by atoms with Gasteiger partial charge in [0.15, 0.2) is 0 Å². The van der Waals surface area contributed by atoms with E-state index in [4.69, 9.17) is 14.6 Å². The third kappa shape index (κ3) is 4.88. The van der Waals surface area contributed by atoms with Crippen molar-refractivity contribution >= 4 is 11.9 Å². The molecule has 0 aliphatic heterocycles. The minimum Gasteiger partial charge on any atom is -0.497 e. The fraction of sp³-hybridized carbons (Fsp3) is 0.556. The van der Waals surface area contributed by atoms with E-state index in [1.165, 1.54) is 0 Å². The zero-order valence-electron chi connectivity index (χ0n) is 14.2. The molecule has 2 rings (SSSR count). The number of carboxylic acids is 1. The van der Waals surface area contributed by atoms with E-state index in [0.29, 0.717) is 25.7 Å². The average molecular weight is 335 g/mol. The smallest absolute Gasteiger partial charge is 0.306 e. The molecular formula is C18H25NO5. The van der Waals surface area contributed by atoms with Gasteiger partial charge in [-0.05, 0) is 55.9 Å². The van der Waals surface area contributed by atoms with E-state index >= 15 is 0 Å². The summed E-state index contributed by atoms with van der Waals surface area (Å²) in [5.41, 5.74) is 0.932. The van der Waals surface area contributed by atoms with Crippen molar-refractivity contribution in [2.45, 2.75) is 44.6 Å². The van der Waals surface area contributed by atoms with Crippen molar-refractivity contribution in [3.63, 3.8) is 0 Å². The van der Waals surface area contributed by atoms with Gasteiger partial charge in [-0.3, -0.25) is 9.59 Å². The Labute approximate surface area is 142 Å². The highest BCUT2D eigenvalue weighted by Crippen LogP contribution is 2.26. The van der Waals surface area contributed by atoms with Crippen LogP contribution < -0.4 is 14.8 Å². The molecule has 0 aromatic heterocycles. The highest BCUT2D eigenvalue weighted by molar-refractivity contribution is 5.76. The maximum atomic E-state index is 12.2. The number of hydrogen-bond acceptors (Lipinski definition) is 4. The molecule has 0 heterocycles. The van der Waals surface area contributed by atoms with Crippen LogP contribution >= 0.6 is 0 Å². The van der Waals surface area contributed by atoms with Crippen LogP contribution in [0.25, 0.3) is 0 Å². The van der Waals surface area contributed by atoms with Crippen LogP contribution in [0.5, 0.6) is 11.5 Å². The minimum absolute atomic E-state index is 0.0151. The number of carboxylic acid groups (broad SMARTS) is 1. The number of hydrogen-bond donors (Lipinski definition) is 2. The highest BCUT2D eigenvalue weighted by Gasteiger charge is 2.26. The standard InChI is InChI=1S/C18H25NO5/c1-23-15-8-9-16(24-2)13(11-15)5-10-17(20)19-14-6-3-12(4-7-14)18(21)22/h8-9,11-12,14H,3-7,10H2,1-2H3,(H,19,20)(H,21,22). The summed E-state index contributed by atoms with van der Waals surface area (Å²) in [7, 11) is 3.21. The number of amides is 1. The predicted molar refractivity (Wildman–Crippen MR) is 89.4 cm³/mol. The lowest BCUT2D eigenvalue weighted by Gasteiger charge is -2.26. The van der Waals surface area contributed by atoms with Crippen molar-refractivity contribution in [3.8, 4) is 11.5 Å². The van der Waals surface area contributed by atoms with Crippen molar-refractivity contribution in [1.29, 1.82) is 0 Å². The Balaban J connectivity index is 1.82. The second-order valence-corrected chi connectivity index (χ2v) is 6.13. The Morgan fingerprint density at radius 3 is 2.46 bits per heavy atom. The number of ether oxygens (including phenoxy) is 2. The molecule has 1 aliphatic rings. The molecule has 0 spiro atoms. The molecule has 0 saturated heterocycles. The maximum Gasteiger partial charge on any atom is 0.306 e. The van der Waals surface area contributed by atoms with E-state index in [-0.39, 0.29) is 17.9 Å². The molecule has 0 radical (unpaired) electrons. The van der Waals surface area contributed by atoms with Gasteiger partial charge in [-0.1, -0.05) is 0 Å². The molecule has 6 nitrogen and oxygen atoms in total. The van der Waals surface area contributed by atoms with E-state index in [2.05, 4.69) is 5.32 Å². The van der Waals surface area contributed by atoms with Crippen molar-refractivity contribution in [2.24, 2.45) is 5.92 Å². The zero-order chi connectivity index (χ0) is 17.5. The molecule has 6 heteroatoms. The molecule has 132 valence electrons. The summed E-state index contributed by atoms with van der Waals surface area (Å²) >= 11 is 0. The highest BCUT2D eigenvalue weighted by atomic mass is 16.5. The van der Waals surface area contributed by atoms with Crippen LogP contribution in [-0.4, -0.2) is 37.2 Å². The summed E-state index contributed by atoms with van der Waals surface area (Å²) in [6, 6.07) is 5.62. The summed E-state index contributed by atoms with van der Waals surface area (Å²) in [4.78, 5) is 23.1. The van der Waals surface area contributed by atoms with Crippen molar-refractivity contribution < 1.29 is 24.2 Å². The largest absolute Gasteiger partial charge is 0.497 e. The predicted octanol–water partition coefficient (Wildman–Crippen LogP) is 2.40. The number of rotatable bonds is 7. The summed E-state index contributed by atoms with van der Waals surface area (Å²) in [6.07, 6.45) is 3.64. The topological polar surface area (TPSA) is 84.9 Å². The van der Waals surface area contributed by atoms with Gasteiger partial charge in [0.1, 0.15) is 11.5 Å². The zero-order valence-corrected chi connectivity index (χ0v) is 14.2. The Bertz CT molecular complexity index is 579. The Kier molecular flexibility index (Phi) is 6.46. The van der Waals surface area contributed by atoms with Gasteiger partial charge in [0, 0.05) is 12.5 Å². The minimum atomic E-state index is -0.732. The van der Waals surface area contributed by atoms with Gasteiger partial charge in [0.2, 0.25) is 5.91 Å². The molecule has 2 N–H and O–H groups in total. The fourth-order valence-electron chi connectivity index (χ4n) is 3.11. The van der Waals surface area contributed by atoms with Crippen LogP contribution in [0.2, 0.25) is 0 Å². The Morgan fingerprint density at radius 1 is 1.17 bits per heavy atom. The SMILES string of the molecule is COc1ccc(OC)c(CCC(=O)NC2CCC(C(=O)O)CC2)c1. The maximum absolute atomic E-state index is 12.2. The van der Waals surface area contributed by atoms with Crippen LogP contribution in [0.15, 0.2) is 18.2 Å². The van der Waals surface area contributed by atoms with Crippen molar-refractivity contribution in [3.05, 3.63) is 23.8 Å². The van der Waals surface area contributed by atoms with Gasteiger partial charge in [-0.25, -0.2) is 0 Å². The summed E-state index contributed by atoms with van der Waals surface area (Å²) in [5.74, 6) is 0.464. The molecule has 1 aromatic carbocycles. The summed E-state index contributed by atoms with van der Waals surface area (Å²) in [5, 5.41) is 12.0. The first kappa shape index (κ1) is 18.1. The van der Waals surface area contributed by atoms with Gasteiger partial charge in [-0.2, -0.15) is 0 Å². The van der Waals surface area contributed by atoms with Crippen LogP contribution in [0, 0.1) is 5.92 Å². The summed E-state index contributed by atoms with van der Waals surface area (Å²) in [6.45, 7) is 0. The number of carbonyl (C=O) groups is 2. The molecule has 24 heavy (non-hydrogen) atoms. The van der Waals surface area contributed by atoms with Crippen molar-refractivity contribution in [2.75, 3.05) is 14.2 Å². The average Bonchev–Trinajstić information content (AvgIpc) is 2.60. The molecule has 1 aliphatic carbocycles. The number of nitrogens with one attached hydrogen (secondary N) is 1. The number of aryl methyl sites for hydroxylation is 1. The van der Waals surface area contributed by atoms with E-state index in [1.807, 2.05) is 18.2 Å². The number of methoxy groups -OCH3 is 2. The van der Waals surface area contributed by atoms with Gasteiger partial charge in [0.05, 0.1) is 20.1 Å². The lowest BCUT2D eigenvalue weighted by molar-refractivity contribution is -0.142. The normalized spacial score (nSPS) is 20.2. The number of aliphatic carboxylic acids is 1. The van der Waals surface area contributed by atoms with Gasteiger partial charge in [0.25, 0.3) is 0 Å². The van der Waals surface area contributed by atoms with E-state index < -0.39 is 5.97 Å². The van der Waals surface area contributed by atoms with Crippen LogP contribution in [-0.2, 0) is 16.0 Å². The van der Waals surface area contributed by atoms with Gasteiger partial charge in [-0.15, -0.1) is 0 Å². The molecule has 1 fully saturated rings. The lowest BCUT2D eigenvalue weighted by atomic mass is 9.86. The van der Waals surface area contributed by atoms with E-state index in [1.54, 1.807) is 14.2 Å². The van der Waals surface area contributed by atoms with E-state index in [9.17, 15) is 9.59 Å². The first-order valence-corrected chi connectivity index (χ1v) is 8.26. The monoisotopic (exact) mass is 335 g/mol. The van der Waals surface area contributed by atoms with E-state index in [0.717, 1.165) is 29.9 Å². The third-order valence-electron chi connectivity index (χ3n) is 4.55. The molecule has 1 saturated carbocycles. The third-order valence-corrected chi connectivity index (χ3v) is 4.55. The molecular weight excluding hydrogens is 310 g/mol. The molecule has 1 aromatic rings. The van der Waals surface area contributed by atoms with Gasteiger partial charge >= 0.3 is 5.97 Å². The quantitative estimate of drug-likeness (QED) is 0.799. The lowest BCUT2D eigenvalue weighted by Crippen LogP contribution is -2.38. The van der Waals surface area contributed by atoms with Crippen LogP contribution in [0.4, 0.5) is 0 Å². The second-order valence-electron chi connectivity index (χ2n) is 6.13. The number of benzene rings is 1. The Hall–Kier alpha value is -2.24. The number of carbonyl (C=O) groups excluding carboxylic acids is 1. The van der Waals surface area contributed by atoms with Crippen LogP contribution in [0.3, 0.4) is 0 Å². The molecule has 0 unspecified atom stereocenters. The summed E-state index contributed by atoms with van der Waals surface area (Å²) < 4.78 is 10.5. The molecule has 1 amide bonds. The second kappa shape index (κ2) is 8.57. The van der Waals surface area contributed by atoms with Crippen LogP contribution in [0.1, 0.15) is 37.7 Å². The Morgan fingerprint density at radius 2 is 1.88 bits per heavy atom. The molecule has 0 atom stereocenters. The van der Waals surface area contributed by atoms with Crippen molar-refractivity contribution in [1.82, 2.24) is 5.32 Å². The first-order valence-electron chi connectivity index (χ1n) is 8.26. The first-order chi connectivity index (χ1) is 11.5. The fourth-order valence-corrected chi connectivity index (χ4v) is 3.11. The van der Waals surface area contributed by atoms with Gasteiger partial charge < -0.3 is 19.9 Å². The molecule has 0 bridgehead atoms.